The second kappa shape index (κ2) is 7.27. The van der Waals surface area contributed by atoms with Crippen LogP contribution in [0.15, 0.2) is 42.5 Å². The van der Waals surface area contributed by atoms with Gasteiger partial charge in [0, 0.05) is 18.2 Å². The molecule has 1 aromatic heterocycles. The minimum Gasteiger partial charge on any atom is -0.488 e. The van der Waals surface area contributed by atoms with Gasteiger partial charge in [0.05, 0.1) is 6.61 Å². The van der Waals surface area contributed by atoms with Crippen molar-refractivity contribution in [1.82, 2.24) is 10.3 Å². The Balaban J connectivity index is 1.70. The van der Waals surface area contributed by atoms with Crippen LogP contribution >= 0.6 is 0 Å². The van der Waals surface area contributed by atoms with Crippen molar-refractivity contribution in [2.24, 2.45) is 5.92 Å². The van der Waals surface area contributed by atoms with Crippen LogP contribution < -0.4 is 14.8 Å². The molecule has 1 saturated heterocycles. The topological polar surface area (TPSA) is 43.4 Å². The Kier molecular flexibility index (Phi) is 4.91. The van der Waals surface area contributed by atoms with Gasteiger partial charge in [0.2, 0.25) is 0 Å². The molecule has 116 valence electrons. The number of ether oxygens (including phenoxy) is 2. The van der Waals surface area contributed by atoms with Crippen molar-refractivity contribution in [3.63, 3.8) is 0 Å². The molecule has 3 rings (SSSR count). The van der Waals surface area contributed by atoms with E-state index < -0.39 is 0 Å². The summed E-state index contributed by atoms with van der Waals surface area (Å²) in [6, 6.07) is 13.6. The fraction of sp³-hybridized carbons (Fsp3) is 0.389. The Morgan fingerprint density at radius 3 is 2.82 bits per heavy atom. The highest BCUT2D eigenvalue weighted by molar-refractivity contribution is 5.38. The molecule has 22 heavy (non-hydrogen) atoms. The summed E-state index contributed by atoms with van der Waals surface area (Å²) >= 11 is 0. The lowest BCUT2D eigenvalue weighted by Gasteiger charge is -2.23. The van der Waals surface area contributed by atoms with Crippen molar-refractivity contribution in [2.75, 3.05) is 19.7 Å². The number of piperidine rings is 1. The number of hydrogen-bond acceptors (Lipinski definition) is 4. The molecular weight excluding hydrogens is 276 g/mol. The molecule has 0 unspecified atom stereocenters. The summed E-state index contributed by atoms with van der Waals surface area (Å²) < 4.78 is 11.9. The van der Waals surface area contributed by atoms with Gasteiger partial charge < -0.3 is 14.8 Å². The van der Waals surface area contributed by atoms with Crippen LogP contribution in [0.5, 0.6) is 17.4 Å². The van der Waals surface area contributed by atoms with E-state index >= 15 is 0 Å². The lowest BCUT2D eigenvalue weighted by atomic mass is 10.0. The van der Waals surface area contributed by atoms with E-state index in [2.05, 4.69) is 10.3 Å². The van der Waals surface area contributed by atoms with Crippen LogP contribution in [0.1, 0.15) is 18.5 Å². The molecule has 1 aliphatic rings. The van der Waals surface area contributed by atoms with Gasteiger partial charge in [0.15, 0.2) is 5.75 Å². The predicted octanol–water partition coefficient (Wildman–Crippen LogP) is 3.56. The maximum absolute atomic E-state index is 5.98. The maximum atomic E-state index is 5.98. The van der Waals surface area contributed by atoms with Gasteiger partial charge in [0.1, 0.15) is 5.75 Å². The molecule has 4 heteroatoms. The lowest BCUT2D eigenvalue weighted by Crippen LogP contribution is -2.33. The van der Waals surface area contributed by atoms with Crippen LogP contribution in [-0.4, -0.2) is 24.7 Å². The Hall–Kier alpha value is -2.07. The Bertz CT molecular complexity index is 595. The van der Waals surface area contributed by atoms with Crippen LogP contribution in [-0.2, 0) is 0 Å². The summed E-state index contributed by atoms with van der Waals surface area (Å²) in [6.07, 6.45) is 2.43. The fourth-order valence-corrected chi connectivity index (χ4v) is 2.58. The number of nitrogens with zero attached hydrogens (tertiary/aromatic N) is 1. The maximum Gasteiger partial charge on any atom is 0.262 e. The second-order valence-corrected chi connectivity index (χ2v) is 5.69. The molecule has 1 aliphatic heterocycles. The number of para-hydroxylation sites is 1. The first-order valence-corrected chi connectivity index (χ1v) is 7.85. The van der Waals surface area contributed by atoms with Crippen LogP contribution in [0.25, 0.3) is 0 Å². The van der Waals surface area contributed by atoms with E-state index in [4.69, 9.17) is 9.47 Å². The summed E-state index contributed by atoms with van der Waals surface area (Å²) in [4.78, 5) is 4.47. The van der Waals surface area contributed by atoms with Gasteiger partial charge in [-0.2, -0.15) is 0 Å². The van der Waals surface area contributed by atoms with E-state index in [1.807, 2.05) is 49.4 Å². The number of rotatable bonds is 5. The number of hydrogen-bond donors (Lipinski definition) is 1. The first-order chi connectivity index (χ1) is 10.8. The number of nitrogens with one attached hydrogen (secondary N) is 1. The number of aromatic nitrogens is 1. The minimum absolute atomic E-state index is 0.537. The monoisotopic (exact) mass is 298 g/mol. The average molecular weight is 298 g/mol. The van der Waals surface area contributed by atoms with E-state index in [-0.39, 0.29) is 0 Å². The first kappa shape index (κ1) is 14.9. The quantitative estimate of drug-likeness (QED) is 0.916. The Labute approximate surface area is 131 Å². The van der Waals surface area contributed by atoms with Gasteiger partial charge in [-0.25, -0.2) is 4.98 Å². The average Bonchev–Trinajstić information content (AvgIpc) is 2.56. The van der Waals surface area contributed by atoms with E-state index in [9.17, 15) is 0 Å². The zero-order valence-corrected chi connectivity index (χ0v) is 12.9. The highest BCUT2D eigenvalue weighted by atomic mass is 16.5. The second-order valence-electron chi connectivity index (χ2n) is 5.69. The van der Waals surface area contributed by atoms with Crippen molar-refractivity contribution >= 4 is 0 Å². The van der Waals surface area contributed by atoms with E-state index in [0.717, 1.165) is 24.5 Å². The molecule has 1 atom stereocenters. The third-order valence-electron chi connectivity index (χ3n) is 3.80. The molecule has 1 fully saturated rings. The minimum atomic E-state index is 0.537. The molecule has 0 bridgehead atoms. The van der Waals surface area contributed by atoms with Crippen LogP contribution in [0, 0.1) is 12.8 Å². The zero-order chi connectivity index (χ0) is 15.2. The SMILES string of the molecule is Cc1ccc(OC[C@H]2CCCNC2)c(Oc2ccccc2)n1. The molecule has 0 spiro atoms. The van der Waals surface area contributed by atoms with Crippen molar-refractivity contribution in [3.05, 3.63) is 48.2 Å². The molecular formula is C18H22N2O2. The molecule has 0 amide bonds. The largest absolute Gasteiger partial charge is 0.488 e. The van der Waals surface area contributed by atoms with E-state index in [1.54, 1.807) is 0 Å². The van der Waals surface area contributed by atoms with Crippen LogP contribution in [0.3, 0.4) is 0 Å². The van der Waals surface area contributed by atoms with Gasteiger partial charge in [-0.1, -0.05) is 18.2 Å². The third-order valence-corrected chi connectivity index (χ3v) is 3.80. The molecule has 0 radical (unpaired) electrons. The normalized spacial score (nSPS) is 18.0. The summed E-state index contributed by atoms with van der Waals surface area (Å²) in [5.74, 6) is 2.57. The van der Waals surface area contributed by atoms with Crippen molar-refractivity contribution < 1.29 is 9.47 Å². The third kappa shape index (κ3) is 3.98. The number of pyridine rings is 1. The highest BCUT2D eigenvalue weighted by Gasteiger charge is 2.15. The number of aryl methyl sites for hydroxylation is 1. The molecule has 2 aromatic rings. The fourth-order valence-electron chi connectivity index (χ4n) is 2.58. The van der Waals surface area contributed by atoms with Crippen LogP contribution in [0.4, 0.5) is 0 Å². The molecule has 1 aromatic carbocycles. The van der Waals surface area contributed by atoms with Gasteiger partial charge in [0.25, 0.3) is 5.88 Å². The summed E-state index contributed by atoms with van der Waals surface area (Å²) in [7, 11) is 0. The summed E-state index contributed by atoms with van der Waals surface area (Å²) in [5, 5.41) is 3.41. The van der Waals surface area contributed by atoms with E-state index in [0.29, 0.717) is 24.2 Å². The molecule has 4 nitrogen and oxygen atoms in total. The van der Waals surface area contributed by atoms with Crippen molar-refractivity contribution in [1.29, 1.82) is 0 Å². The number of benzene rings is 1. The summed E-state index contributed by atoms with van der Waals surface area (Å²) in [5.41, 5.74) is 0.914. The zero-order valence-electron chi connectivity index (χ0n) is 12.9. The summed E-state index contributed by atoms with van der Waals surface area (Å²) in [6.45, 7) is 4.79. The van der Waals surface area contributed by atoms with Crippen molar-refractivity contribution in [3.8, 4) is 17.4 Å². The van der Waals surface area contributed by atoms with Gasteiger partial charge in [-0.15, -0.1) is 0 Å². The Morgan fingerprint density at radius 1 is 1.18 bits per heavy atom. The molecule has 2 heterocycles. The predicted molar refractivity (Wildman–Crippen MR) is 86.6 cm³/mol. The molecule has 1 N–H and O–H groups in total. The molecule has 0 aliphatic carbocycles. The van der Waals surface area contributed by atoms with Gasteiger partial charge in [-0.3, -0.25) is 0 Å². The first-order valence-electron chi connectivity index (χ1n) is 7.85. The standard InChI is InChI=1S/C18H22N2O2/c1-14-9-10-17(21-13-15-6-5-11-19-12-15)18(20-14)22-16-7-3-2-4-8-16/h2-4,7-10,15,19H,5-6,11-13H2,1H3/t15-/m0/s1. The molecule has 0 saturated carbocycles. The van der Waals surface area contributed by atoms with Gasteiger partial charge >= 0.3 is 0 Å². The lowest BCUT2D eigenvalue weighted by molar-refractivity contribution is 0.211. The Morgan fingerprint density at radius 2 is 2.05 bits per heavy atom. The van der Waals surface area contributed by atoms with Gasteiger partial charge in [-0.05, 0) is 50.6 Å². The smallest absolute Gasteiger partial charge is 0.262 e. The van der Waals surface area contributed by atoms with Crippen LogP contribution in [0.2, 0.25) is 0 Å². The van der Waals surface area contributed by atoms with E-state index in [1.165, 1.54) is 12.8 Å². The van der Waals surface area contributed by atoms with Crippen molar-refractivity contribution in [2.45, 2.75) is 19.8 Å². The highest BCUT2D eigenvalue weighted by Crippen LogP contribution is 2.30.